The highest BCUT2D eigenvalue weighted by molar-refractivity contribution is 7.99. The van der Waals surface area contributed by atoms with Gasteiger partial charge < -0.3 is 25.0 Å². The van der Waals surface area contributed by atoms with Gasteiger partial charge in [0.15, 0.2) is 29.6 Å². The Morgan fingerprint density at radius 2 is 1.45 bits per heavy atom. The fraction of sp³-hybridized carbons (Fsp3) is 0.205. The van der Waals surface area contributed by atoms with Crippen molar-refractivity contribution in [1.29, 1.82) is 0 Å². The van der Waals surface area contributed by atoms with E-state index in [0.29, 0.717) is 33.0 Å². The maximum absolute atomic E-state index is 14.2. The Kier molecular flexibility index (Phi) is 11.5. The Morgan fingerprint density at radius 3 is 2.11 bits per heavy atom. The number of aromatic carboxylic acids is 1. The number of amides is 1. The predicted octanol–water partition coefficient (Wildman–Crippen LogP) is 8.15. The highest BCUT2D eigenvalue weighted by Crippen LogP contribution is 2.43. The maximum atomic E-state index is 14.2. The normalized spacial score (nSPS) is 18.5. The van der Waals surface area contributed by atoms with E-state index in [2.05, 4.69) is 10.3 Å². The number of ether oxygens (including phenoxy) is 2. The summed E-state index contributed by atoms with van der Waals surface area (Å²) in [5, 5.41) is 21.8. The average molecular weight is 751 g/mol. The number of halogens is 5. The first-order chi connectivity index (χ1) is 25.5. The lowest BCUT2D eigenvalue weighted by Crippen LogP contribution is -2.38. The molecular weight excluding hydrogens is 719 g/mol. The fourth-order valence-corrected chi connectivity index (χ4v) is 7.13. The van der Waals surface area contributed by atoms with Crippen LogP contribution in [-0.2, 0) is 22.6 Å². The van der Waals surface area contributed by atoms with Gasteiger partial charge in [-0.1, -0.05) is 79.7 Å². The molecule has 3 N–H and O–H groups in total. The van der Waals surface area contributed by atoms with Crippen LogP contribution in [0, 0.1) is 35.0 Å². The number of hydrogen-bond donors (Lipinski definition) is 3. The first-order valence-electron chi connectivity index (χ1n) is 16.3. The first-order valence-corrected chi connectivity index (χ1v) is 17.3. The van der Waals surface area contributed by atoms with Gasteiger partial charge in [0, 0.05) is 30.0 Å². The molecule has 0 aliphatic carbocycles. The lowest BCUT2D eigenvalue weighted by molar-refractivity contribution is -0.268. The lowest BCUT2D eigenvalue weighted by Gasteiger charge is -2.41. The number of pyridine rings is 1. The van der Waals surface area contributed by atoms with Crippen LogP contribution in [0.5, 0.6) is 0 Å². The van der Waals surface area contributed by atoms with E-state index in [1.165, 1.54) is 24.0 Å². The minimum Gasteiger partial charge on any atom is -0.478 e. The molecule has 0 spiro atoms. The first kappa shape index (κ1) is 37.6. The molecule has 53 heavy (non-hydrogen) atoms. The van der Waals surface area contributed by atoms with Gasteiger partial charge in [0.2, 0.25) is 5.82 Å². The van der Waals surface area contributed by atoms with Crippen LogP contribution in [0.3, 0.4) is 0 Å². The second-order valence-corrected chi connectivity index (χ2v) is 13.2. The zero-order chi connectivity index (χ0) is 37.8. The molecule has 0 bridgehead atoms. The van der Waals surface area contributed by atoms with Gasteiger partial charge in [0.05, 0.1) is 24.4 Å². The summed E-state index contributed by atoms with van der Waals surface area (Å²) in [5.41, 5.74) is 2.56. The van der Waals surface area contributed by atoms with Crippen molar-refractivity contribution in [2.45, 2.75) is 43.6 Å². The van der Waals surface area contributed by atoms with Gasteiger partial charge >= 0.3 is 5.97 Å². The third-order valence-electron chi connectivity index (χ3n) is 8.90. The van der Waals surface area contributed by atoms with E-state index in [9.17, 15) is 41.8 Å². The van der Waals surface area contributed by atoms with Gasteiger partial charge in [-0.05, 0) is 39.9 Å². The number of benzene rings is 4. The molecule has 0 radical (unpaired) electrons. The SMILES string of the molecule is C[C@@H]1[C@H](CSc2ncccc2C(=O)O)O[C@H](c2ccc(-c3ccccc3CNC(=O)c3c(F)c(F)c(F)c(F)c3F)cc2)O[C@@H]1c1ccc(CO)cc1. The summed E-state index contributed by atoms with van der Waals surface area (Å²) >= 11 is 1.27. The highest BCUT2D eigenvalue weighted by Gasteiger charge is 2.39. The minimum atomic E-state index is -2.36. The number of nitrogens with one attached hydrogen (secondary N) is 1. The predicted molar refractivity (Wildman–Crippen MR) is 184 cm³/mol. The number of hydrogen-bond acceptors (Lipinski definition) is 7. The monoisotopic (exact) mass is 750 g/mol. The van der Waals surface area contributed by atoms with Crippen molar-refractivity contribution in [1.82, 2.24) is 10.3 Å². The molecular formula is C39H31F5N2O6S. The molecule has 6 rings (SSSR count). The van der Waals surface area contributed by atoms with Crippen molar-refractivity contribution >= 4 is 23.6 Å². The van der Waals surface area contributed by atoms with Crippen LogP contribution in [0.1, 0.15) is 62.3 Å². The van der Waals surface area contributed by atoms with Crippen LogP contribution in [0.15, 0.2) is 96.2 Å². The van der Waals surface area contributed by atoms with Crippen LogP contribution in [-0.4, -0.2) is 38.9 Å². The van der Waals surface area contributed by atoms with Gasteiger partial charge in [-0.3, -0.25) is 4.79 Å². The van der Waals surface area contributed by atoms with E-state index in [1.807, 2.05) is 31.2 Å². The topological polar surface area (TPSA) is 118 Å². The number of carboxylic acids is 1. The second-order valence-electron chi connectivity index (χ2n) is 12.2. The number of thioether (sulfide) groups is 1. The molecule has 5 aromatic rings. The number of aliphatic hydroxyl groups is 1. The van der Waals surface area contributed by atoms with Crippen molar-refractivity contribution < 1.29 is 51.2 Å². The van der Waals surface area contributed by atoms with Crippen LogP contribution < -0.4 is 5.32 Å². The van der Waals surface area contributed by atoms with Crippen LogP contribution in [0.4, 0.5) is 22.0 Å². The number of carbonyl (C=O) groups excluding carboxylic acids is 1. The fourth-order valence-electron chi connectivity index (χ4n) is 5.98. The molecule has 274 valence electrons. The smallest absolute Gasteiger partial charge is 0.338 e. The number of carboxylic acid groups (broad SMARTS) is 1. The van der Waals surface area contributed by atoms with E-state index in [4.69, 9.17) is 9.47 Å². The van der Waals surface area contributed by atoms with E-state index in [-0.39, 0.29) is 24.6 Å². The van der Waals surface area contributed by atoms with E-state index < -0.39 is 65.0 Å². The Morgan fingerprint density at radius 1 is 0.811 bits per heavy atom. The largest absolute Gasteiger partial charge is 0.478 e. The summed E-state index contributed by atoms with van der Waals surface area (Å²) in [6.45, 7) is 1.57. The van der Waals surface area contributed by atoms with E-state index >= 15 is 0 Å². The van der Waals surface area contributed by atoms with Crippen molar-refractivity contribution in [2.24, 2.45) is 5.92 Å². The Labute approximate surface area is 304 Å². The van der Waals surface area contributed by atoms with Crippen LogP contribution >= 0.6 is 11.8 Å². The van der Waals surface area contributed by atoms with Crippen molar-refractivity contribution in [2.75, 3.05) is 5.75 Å². The molecule has 8 nitrogen and oxygen atoms in total. The highest BCUT2D eigenvalue weighted by atomic mass is 32.2. The molecule has 4 aromatic carbocycles. The molecule has 1 aromatic heterocycles. The van der Waals surface area contributed by atoms with Gasteiger partial charge in [0.25, 0.3) is 5.91 Å². The zero-order valence-electron chi connectivity index (χ0n) is 27.9. The standard InChI is InChI=1S/C39H31F5N2O6S/c1-20-28(19-53-37-27(38(49)50)7-4-16-45-37)51-39(52-35(20)23-10-8-21(18-47)9-11-23)24-14-12-22(13-15-24)26-6-3-2-5-25(26)17-46-36(48)29-30(40)32(42)34(44)33(43)31(29)41/h2-16,20,28,35,39,47H,17-19H2,1H3,(H,46,48)(H,49,50)/t20-,28+,35+,39+/m1/s1. The van der Waals surface area contributed by atoms with Gasteiger partial charge in [-0.25, -0.2) is 31.7 Å². The van der Waals surface area contributed by atoms with E-state index in [0.717, 1.165) is 11.1 Å². The number of carbonyl (C=O) groups is 2. The number of aromatic nitrogens is 1. The Balaban J connectivity index is 1.23. The molecule has 14 heteroatoms. The van der Waals surface area contributed by atoms with Gasteiger partial charge in [-0.15, -0.1) is 11.8 Å². The Bertz CT molecular complexity index is 2110. The molecule has 1 fully saturated rings. The summed E-state index contributed by atoms with van der Waals surface area (Å²) < 4.78 is 82.4. The zero-order valence-corrected chi connectivity index (χ0v) is 28.7. The number of nitrogens with zero attached hydrogens (tertiary/aromatic N) is 1. The lowest BCUT2D eigenvalue weighted by atomic mass is 9.91. The van der Waals surface area contributed by atoms with Crippen molar-refractivity contribution in [3.63, 3.8) is 0 Å². The number of rotatable bonds is 11. The van der Waals surface area contributed by atoms with Crippen molar-refractivity contribution in [3.8, 4) is 11.1 Å². The molecule has 2 heterocycles. The van der Waals surface area contributed by atoms with Crippen molar-refractivity contribution in [3.05, 3.63) is 154 Å². The molecule has 1 amide bonds. The van der Waals surface area contributed by atoms with Crippen LogP contribution in [0.25, 0.3) is 11.1 Å². The second kappa shape index (κ2) is 16.3. The average Bonchev–Trinajstić information content (AvgIpc) is 3.18. The van der Waals surface area contributed by atoms with Crippen LogP contribution in [0.2, 0.25) is 0 Å². The van der Waals surface area contributed by atoms with Gasteiger partial charge in [-0.2, -0.15) is 0 Å². The third kappa shape index (κ3) is 7.95. The van der Waals surface area contributed by atoms with E-state index in [1.54, 1.807) is 54.6 Å². The maximum Gasteiger partial charge on any atom is 0.338 e. The summed E-state index contributed by atoms with van der Waals surface area (Å²) in [4.78, 5) is 28.7. The molecule has 4 atom stereocenters. The Hall–Kier alpha value is -5.15. The third-order valence-corrected chi connectivity index (χ3v) is 9.99. The molecule has 1 saturated heterocycles. The van der Waals surface area contributed by atoms with Gasteiger partial charge in [0.1, 0.15) is 10.6 Å². The molecule has 1 aliphatic rings. The minimum absolute atomic E-state index is 0.0814. The summed E-state index contributed by atoms with van der Waals surface area (Å²) in [7, 11) is 0. The molecule has 1 aliphatic heterocycles. The number of aliphatic hydroxyl groups excluding tert-OH is 1. The summed E-state index contributed by atoms with van der Waals surface area (Å²) in [6.07, 6.45) is -0.159. The summed E-state index contributed by atoms with van der Waals surface area (Å²) in [5.74, 6) is -13.6. The molecule has 0 unspecified atom stereocenters. The molecule has 0 saturated carbocycles. The quantitative estimate of drug-likeness (QED) is 0.0536. The summed E-state index contributed by atoms with van der Waals surface area (Å²) in [6, 6.07) is 24.4.